The van der Waals surface area contributed by atoms with Crippen molar-refractivity contribution in [1.29, 1.82) is 0 Å². The van der Waals surface area contributed by atoms with Crippen molar-refractivity contribution < 1.29 is 29.1 Å². The Morgan fingerprint density at radius 3 is 2.40 bits per heavy atom. The van der Waals surface area contributed by atoms with E-state index >= 15 is 0 Å². The van der Waals surface area contributed by atoms with Crippen molar-refractivity contribution in [2.45, 2.75) is 71.8 Å². The third kappa shape index (κ3) is 8.64. The van der Waals surface area contributed by atoms with Crippen LogP contribution in [-0.2, 0) is 29.1 Å². The van der Waals surface area contributed by atoms with E-state index in [0.717, 1.165) is 30.4 Å². The van der Waals surface area contributed by atoms with Crippen LogP contribution in [0.3, 0.4) is 0 Å². The normalized spacial score (nSPS) is 19.0. The molecular weight excluding hydrogens is 548 g/mol. The summed E-state index contributed by atoms with van der Waals surface area (Å²) < 4.78 is 12.6. The smallest absolute Gasteiger partial charge is 0.335 e. The molecule has 1 fully saturated rings. The SMILES string of the molecule is CC(C)C1C(C)CCCC1OC(Cc1ccccc1)C(=O)NCc1cc([N+](=O)[O-])ccc1OCc1ccc(C(=O)O)cc1. The molecule has 9 heteroatoms. The van der Waals surface area contributed by atoms with Crippen molar-refractivity contribution in [1.82, 2.24) is 5.32 Å². The molecule has 1 aliphatic rings. The molecule has 2 N–H and O–H groups in total. The first-order chi connectivity index (χ1) is 20.6. The maximum absolute atomic E-state index is 13.7. The van der Waals surface area contributed by atoms with Crippen LogP contribution in [0.2, 0.25) is 0 Å². The third-order valence-electron chi connectivity index (χ3n) is 8.20. The first-order valence-corrected chi connectivity index (χ1v) is 14.8. The van der Waals surface area contributed by atoms with E-state index in [2.05, 4.69) is 26.1 Å². The summed E-state index contributed by atoms with van der Waals surface area (Å²) in [4.78, 5) is 35.9. The van der Waals surface area contributed by atoms with Gasteiger partial charge in [-0.25, -0.2) is 4.79 Å². The van der Waals surface area contributed by atoms with Crippen LogP contribution < -0.4 is 10.1 Å². The van der Waals surface area contributed by atoms with E-state index < -0.39 is 17.0 Å². The number of amides is 1. The molecule has 4 unspecified atom stereocenters. The number of nitrogens with zero attached hydrogens (tertiary/aromatic N) is 1. The van der Waals surface area contributed by atoms with Crippen molar-refractivity contribution in [2.75, 3.05) is 0 Å². The van der Waals surface area contributed by atoms with Gasteiger partial charge in [-0.15, -0.1) is 0 Å². The van der Waals surface area contributed by atoms with Gasteiger partial charge in [0, 0.05) is 30.7 Å². The van der Waals surface area contributed by atoms with Gasteiger partial charge in [0.25, 0.3) is 5.69 Å². The molecule has 3 aromatic rings. The minimum absolute atomic E-state index is 0.0110. The molecule has 0 bridgehead atoms. The average molecular weight is 589 g/mol. The largest absolute Gasteiger partial charge is 0.489 e. The van der Waals surface area contributed by atoms with Crippen molar-refractivity contribution in [3.63, 3.8) is 0 Å². The van der Waals surface area contributed by atoms with Gasteiger partial charge in [0.05, 0.1) is 16.6 Å². The molecule has 0 spiro atoms. The fraction of sp³-hybridized carbons (Fsp3) is 0.412. The van der Waals surface area contributed by atoms with E-state index in [1.54, 1.807) is 12.1 Å². The zero-order chi connectivity index (χ0) is 30.9. The van der Waals surface area contributed by atoms with Crippen LogP contribution >= 0.6 is 0 Å². The van der Waals surface area contributed by atoms with Gasteiger partial charge in [0.15, 0.2) is 0 Å². The van der Waals surface area contributed by atoms with Gasteiger partial charge in [-0.2, -0.15) is 0 Å². The molecule has 4 rings (SSSR count). The molecule has 1 amide bonds. The van der Waals surface area contributed by atoms with Crippen LogP contribution in [-0.4, -0.2) is 34.1 Å². The molecule has 0 aliphatic heterocycles. The minimum atomic E-state index is -1.02. The quantitative estimate of drug-likeness (QED) is 0.171. The van der Waals surface area contributed by atoms with Gasteiger partial charge < -0.3 is 19.9 Å². The highest BCUT2D eigenvalue weighted by atomic mass is 16.6. The average Bonchev–Trinajstić information content (AvgIpc) is 2.99. The zero-order valence-electron chi connectivity index (χ0n) is 24.9. The lowest BCUT2D eigenvalue weighted by Gasteiger charge is -2.40. The van der Waals surface area contributed by atoms with Crippen LogP contribution in [0.4, 0.5) is 5.69 Å². The molecule has 1 aliphatic carbocycles. The number of benzene rings is 3. The van der Waals surface area contributed by atoms with E-state index in [4.69, 9.17) is 14.6 Å². The van der Waals surface area contributed by atoms with Crippen LogP contribution in [0.15, 0.2) is 72.8 Å². The Balaban J connectivity index is 1.51. The summed E-state index contributed by atoms with van der Waals surface area (Å²) in [6, 6.07) is 20.3. The summed E-state index contributed by atoms with van der Waals surface area (Å²) >= 11 is 0. The Labute approximate surface area is 252 Å². The molecule has 1 saturated carbocycles. The number of nitro groups is 1. The first kappa shape index (κ1) is 31.7. The fourth-order valence-electron chi connectivity index (χ4n) is 6.04. The second-order valence-electron chi connectivity index (χ2n) is 11.6. The molecule has 0 saturated heterocycles. The first-order valence-electron chi connectivity index (χ1n) is 14.8. The van der Waals surface area contributed by atoms with E-state index in [9.17, 15) is 19.7 Å². The predicted molar refractivity (Wildman–Crippen MR) is 163 cm³/mol. The Kier molecular flexibility index (Phi) is 10.9. The predicted octanol–water partition coefficient (Wildman–Crippen LogP) is 6.58. The number of carbonyl (C=O) groups excluding carboxylic acids is 1. The molecule has 228 valence electrons. The Hall–Kier alpha value is -4.24. The second kappa shape index (κ2) is 14.8. The van der Waals surface area contributed by atoms with Crippen LogP contribution in [0, 0.1) is 27.9 Å². The van der Waals surface area contributed by atoms with Crippen molar-refractivity contribution in [3.05, 3.63) is 105 Å². The van der Waals surface area contributed by atoms with E-state index in [0.29, 0.717) is 35.5 Å². The number of ether oxygens (including phenoxy) is 2. The fourth-order valence-corrected chi connectivity index (χ4v) is 6.04. The van der Waals surface area contributed by atoms with E-state index in [1.807, 2.05) is 30.3 Å². The summed E-state index contributed by atoms with van der Waals surface area (Å²) in [7, 11) is 0. The second-order valence-corrected chi connectivity index (χ2v) is 11.6. The zero-order valence-corrected chi connectivity index (χ0v) is 24.9. The molecule has 0 radical (unpaired) electrons. The highest BCUT2D eigenvalue weighted by Gasteiger charge is 2.36. The van der Waals surface area contributed by atoms with Crippen LogP contribution in [0.25, 0.3) is 0 Å². The summed E-state index contributed by atoms with van der Waals surface area (Å²) in [5.74, 6) is 0.352. The number of nitrogens with one attached hydrogen (secondary N) is 1. The van der Waals surface area contributed by atoms with Crippen LogP contribution in [0.1, 0.15) is 67.1 Å². The Morgan fingerprint density at radius 1 is 1.02 bits per heavy atom. The lowest BCUT2D eigenvalue weighted by Crippen LogP contribution is -2.44. The van der Waals surface area contributed by atoms with Gasteiger partial charge in [-0.05, 0) is 53.5 Å². The van der Waals surface area contributed by atoms with Crippen LogP contribution in [0.5, 0.6) is 5.75 Å². The van der Waals surface area contributed by atoms with Crippen molar-refractivity contribution in [3.8, 4) is 5.75 Å². The van der Waals surface area contributed by atoms with Gasteiger partial charge >= 0.3 is 5.97 Å². The summed E-state index contributed by atoms with van der Waals surface area (Å²) in [5, 5.41) is 23.6. The number of hydrogen-bond acceptors (Lipinski definition) is 6. The number of carboxylic acids is 1. The molecule has 3 aromatic carbocycles. The van der Waals surface area contributed by atoms with Crippen molar-refractivity contribution in [2.24, 2.45) is 17.8 Å². The van der Waals surface area contributed by atoms with Gasteiger partial charge in [-0.1, -0.05) is 76.1 Å². The lowest BCUT2D eigenvalue weighted by atomic mass is 9.72. The molecule has 43 heavy (non-hydrogen) atoms. The van der Waals surface area contributed by atoms with Crippen molar-refractivity contribution >= 4 is 17.6 Å². The summed E-state index contributed by atoms with van der Waals surface area (Å²) in [6.45, 7) is 6.81. The standard InChI is InChI=1S/C34H40N2O7/c1-22(2)32-23(3)8-7-11-30(32)43-31(18-24-9-5-4-6-10-24)33(37)35-20-27-19-28(36(40)41)16-17-29(27)42-21-25-12-14-26(15-13-25)34(38)39/h4-6,9-10,12-17,19,22-23,30-32H,7-8,11,18,20-21H2,1-3H3,(H,35,37)(H,38,39). The Morgan fingerprint density at radius 2 is 1.74 bits per heavy atom. The van der Waals surface area contributed by atoms with Gasteiger partial charge in [0.2, 0.25) is 5.91 Å². The number of nitro benzene ring substituents is 1. The number of hydrogen-bond donors (Lipinski definition) is 2. The summed E-state index contributed by atoms with van der Waals surface area (Å²) in [6.07, 6.45) is 2.76. The van der Waals surface area contributed by atoms with E-state index in [-0.39, 0.29) is 36.4 Å². The Bertz CT molecular complexity index is 1390. The number of non-ortho nitro benzene ring substituents is 1. The highest BCUT2D eigenvalue weighted by molar-refractivity contribution is 5.87. The van der Waals surface area contributed by atoms with E-state index in [1.165, 1.54) is 30.3 Å². The molecule has 0 heterocycles. The maximum atomic E-state index is 13.7. The highest BCUT2D eigenvalue weighted by Crippen LogP contribution is 2.37. The number of rotatable bonds is 13. The third-order valence-corrected chi connectivity index (χ3v) is 8.20. The van der Waals surface area contributed by atoms with Gasteiger partial charge in [0.1, 0.15) is 18.5 Å². The number of carboxylic acid groups (broad SMARTS) is 1. The summed E-state index contributed by atoms with van der Waals surface area (Å²) in [5.41, 5.74) is 2.22. The maximum Gasteiger partial charge on any atom is 0.335 e. The molecule has 0 aromatic heterocycles. The lowest BCUT2D eigenvalue weighted by molar-refractivity contribution is -0.384. The minimum Gasteiger partial charge on any atom is -0.489 e. The van der Waals surface area contributed by atoms with Gasteiger partial charge in [-0.3, -0.25) is 14.9 Å². The number of carbonyl (C=O) groups is 2. The molecule has 4 atom stereocenters. The topological polar surface area (TPSA) is 128 Å². The monoisotopic (exact) mass is 588 g/mol. The number of aromatic carboxylic acids is 1. The molecular formula is C34H40N2O7. The molecule has 9 nitrogen and oxygen atoms in total.